The molecule has 0 saturated carbocycles. The Balaban J connectivity index is 3.31. The van der Waals surface area contributed by atoms with E-state index < -0.39 is 11.7 Å². The van der Waals surface area contributed by atoms with Gasteiger partial charge in [-0.25, -0.2) is 0 Å². The lowest BCUT2D eigenvalue weighted by Crippen LogP contribution is -2.09. The van der Waals surface area contributed by atoms with Crippen LogP contribution < -0.4 is 0 Å². The monoisotopic (exact) mass is 204 g/mol. The Bertz CT molecular complexity index is 342. The van der Waals surface area contributed by atoms with Crippen LogP contribution in [-0.2, 0) is 12.8 Å². The number of hydrogen-bond donors (Lipinski definition) is 1. The van der Waals surface area contributed by atoms with Crippen LogP contribution in [0.2, 0.25) is 0 Å². The molecular weight excluding hydrogens is 193 g/mol. The Kier molecular flexibility index (Phi) is 2.85. The molecule has 1 N–H and O–H groups in total. The standard InChI is InChI=1S/C10H11F3O/c1-6-7(2)9(10(11,12)13)4-3-8(6)5-14/h3-4,14H,5H2,1-2H3. The van der Waals surface area contributed by atoms with Gasteiger partial charge in [-0.1, -0.05) is 6.07 Å². The third-order valence-corrected chi connectivity index (χ3v) is 2.38. The van der Waals surface area contributed by atoms with Gasteiger partial charge in [0.15, 0.2) is 0 Å². The topological polar surface area (TPSA) is 20.2 Å². The van der Waals surface area contributed by atoms with Crippen molar-refractivity contribution in [3.05, 3.63) is 34.4 Å². The highest BCUT2D eigenvalue weighted by Gasteiger charge is 2.32. The van der Waals surface area contributed by atoms with Crippen molar-refractivity contribution in [3.63, 3.8) is 0 Å². The highest BCUT2D eigenvalue weighted by atomic mass is 19.4. The third kappa shape index (κ3) is 1.90. The van der Waals surface area contributed by atoms with Gasteiger partial charge in [0.25, 0.3) is 0 Å². The Labute approximate surface area is 80.2 Å². The quantitative estimate of drug-likeness (QED) is 0.745. The van der Waals surface area contributed by atoms with E-state index in [1.54, 1.807) is 6.92 Å². The molecular formula is C10H11F3O. The number of halogens is 3. The Morgan fingerprint density at radius 1 is 1.14 bits per heavy atom. The minimum atomic E-state index is -4.32. The predicted octanol–water partition coefficient (Wildman–Crippen LogP) is 2.81. The van der Waals surface area contributed by atoms with Crippen molar-refractivity contribution < 1.29 is 18.3 Å². The van der Waals surface area contributed by atoms with Crippen LogP contribution in [0.15, 0.2) is 12.1 Å². The summed E-state index contributed by atoms with van der Waals surface area (Å²) in [5.74, 6) is 0. The fourth-order valence-electron chi connectivity index (χ4n) is 1.36. The molecule has 14 heavy (non-hydrogen) atoms. The lowest BCUT2D eigenvalue weighted by molar-refractivity contribution is -0.138. The molecule has 0 aromatic heterocycles. The molecule has 1 aromatic rings. The van der Waals surface area contributed by atoms with Crippen LogP contribution >= 0.6 is 0 Å². The molecule has 0 bridgehead atoms. The van der Waals surface area contributed by atoms with Crippen molar-refractivity contribution in [1.82, 2.24) is 0 Å². The summed E-state index contributed by atoms with van der Waals surface area (Å²) in [7, 11) is 0. The van der Waals surface area contributed by atoms with E-state index in [1.807, 2.05) is 0 Å². The SMILES string of the molecule is Cc1c(CO)ccc(C(F)(F)F)c1C. The van der Waals surface area contributed by atoms with E-state index in [2.05, 4.69) is 0 Å². The summed E-state index contributed by atoms with van der Waals surface area (Å²) in [6.45, 7) is 2.76. The summed E-state index contributed by atoms with van der Waals surface area (Å²) in [4.78, 5) is 0. The maximum absolute atomic E-state index is 12.4. The maximum atomic E-state index is 12.4. The molecule has 1 rings (SSSR count). The lowest BCUT2D eigenvalue weighted by Gasteiger charge is -2.14. The summed E-state index contributed by atoms with van der Waals surface area (Å²) in [6, 6.07) is 2.32. The Morgan fingerprint density at radius 3 is 2.14 bits per heavy atom. The van der Waals surface area contributed by atoms with Gasteiger partial charge in [0, 0.05) is 0 Å². The van der Waals surface area contributed by atoms with E-state index in [0.717, 1.165) is 6.07 Å². The van der Waals surface area contributed by atoms with Crippen molar-refractivity contribution in [3.8, 4) is 0 Å². The largest absolute Gasteiger partial charge is 0.416 e. The smallest absolute Gasteiger partial charge is 0.392 e. The normalized spacial score (nSPS) is 11.9. The van der Waals surface area contributed by atoms with E-state index in [1.165, 1.54) is 13.0 Å². The number of hydrogen-bond acceptors (Lipinski definition) is 1. The Morgan fingerprint density at radius 2 is 1.71 bits per heavy atom. The van der Waals surface area contributed by atoms with Crippen LogP contribution in [-0.4, -0.2) is 5.11 Å². The lowest BCUT2D eigenvalue weighted by atomic mass is 9.98. The highest BCUT2D eigenvalue weighted by molar-refractivity contribution is 5.40. The van der Waals surface area contributed by atoms with E-state index in [4.69, 9.17) is 5.11 Å². The van der Waals surface area contributed by atoms with Crippen molar-refractivity contribution >= 4 is 0 Å². The van der Waals surface area contributed by atoms with E-state index >= 15 is 0 Å². The van der Waals surface area contributed by atoms with Gasteiger partial charge in [0.05, 0.1) is 12.2 Å². The van der Waals surface area contributed by atoms with Crippen molar-refractivity contribution in [2.24, 2.45) is 0 Å². The molecule has 0 spiro atoms. The van der Waals surface area contributed by atoms with Gasteiger partial charge in [0.1, 0.15) is 0 Å². The average Bonchev–Trinajstić information content (AvgIpc) is 2.07. The fourth-order valence-corrected chi connectivity index (χ4v) is 1.36. The van der Waals surface area contributed by atoms with E-state index in [9.17, 15) is 13.2 Å². The molecule has 4 heteroatoms. The molecule has 0 amide bonds. The third-order valence-electron chi connectivity index (χ3n) is 2.38. The van der Waals surface area contributed by atoms with Crippen LogP contribution in [0, 0.1) is 13.8 Å². The molecule has 0 aliphatic heterocycles. The predicted molar refractivity (Wildman–Crippen MR) is 46.8 cm³/mol. The molecule has 1 nitrogen and oxygen atoms in total. The zero-order valence-electron chi connectivity index (χ0n) is 7.94. The van der Waals surface area contributed by atoms with Gasteiger partial charge in [-0.2, -0.15) is 13.2 Å². The number of aliphatic hydroxyl groups is 1. The fraction of sp³-hybridized carbons (Fsp3) is 0.400. The van der Waals surface area contributed by atoms with Gasteiger partial charge in [0.2, 0.25) is 0 Å². The van der Waals surface area contributed by atoms with Gasteiger partial charge in [-0.05, 0) is 36.6 Å². The first-order chi connectivity index (χ1) is 6.38. The minimum absolute atomic E-state index is 0.184. The number of benzene rings is 1. The zero-order chi connectivity index (χ0) is 10.9. The minimum Gasteiger partial charge on any atom is -0.392 e. The molecule has 0 saturated heterocycles. The molecule has 1 aromatic carbocycles. The second kappa shape index (κ2) is 3.61. The van der Waals surface area contributed by atoms with Crippen molar-refractivity contribution in [1.29, 1.82) is 0 Å². The average molecular weight is 204 g/mol. The number of aliphatic hydroxyl groups excluding tert-OH is 1. The van der Waals surface area contributed by atoms with Gasteiger partial charge < -0.3 is 5.11 Å². The molecule has 0 heterocycles. The van der Waals surface area contributed by atoms with Crippen LogP contribution in [0.1, 0.15) is 22.3 Å². The first-order valence-corrected chi connectivity index (χ1v) is 4.15. The van der Waals surface area contributed by atoms with E-state index in [0.29, 0.717) is 11.1 Å². The summed E-state index contributed by atoms with van der Waals surface area (Å²) in [5.41, 5.74) is 0.592. The highest BCUT2D eigenvalue weighted by Crippen LogP contribution is 2.33. The molecule has 0 aliphatic carbocycles. The second-order valence-electron chi connectivity index (χ2n) is 3.18. The summed E-state index contributed by atoms with van der Waals surface area (Å²) >= 11 is 0. The summed E-state index contributed by atoms with van der Waals surface area (Å²) in [5, 5.41) is 8.86. The van der Waals surface area contributed by atoms with Crippen molar-refractivity contribution in [2.45, 2.75) is 26.6 Å². The van der Waals surface area contributed by atoms with Gasteiger partial charge >= 0.3 is 6.18 Å². The molecule has 0 atom stereocenters. The second-order valence-corrected chi connectivity index (χ2v) is 3.18. The number of alkyl halides is 3. The summed E-state index contributed by atoms with van der Waals surface area (Å²) in [6.07, 6.45) is -4.32. The molecule has 0 fully saturated rings. The molecule has 78 valence electrons. The Hall–Kier alpha value is -1.03. The van der Waals surface area contributed by atoms with E-state index in [-0.39, 0.29) is 12.2 Å². The van der Waals surface area contributed by atoms with Crippen LogP contribution in [0.3, 0.4) is 0 Å². The molecule has 0 unspecified atom stereocenters. The van der Waals surface area contributed by atoms with Gasteiger partial charge in [-0.3, -0.25) is 0 Å². The summed E-state index contributed by atoms with van der Waals surface area (Å²) < 4.78 is 37.2. The first kappa shape index (κ1) is 11.0. The molecule has 0 radical (unpaired) electrons. The van der Waals surface area contributed by atoms with Crippen LogP contribution in [0.4, 0.5) is 13.2 Å². The van der Waals surface area contributed by atoms with Crippen LogP contribution in [0.25, 0.3) is 0 Å². The van der Waals surface area contributed by atoms with Crippen molar-refractivity contribution in [2.75, 3.05) is 0 Å². The number of rotatable bonds is 1. The zero-order valence-corrected chi connectivity index (χ0v) is 7.94. The maximum Gasteiger partial charge on any atom is 0.416 e. The first-order valence-electron chi connectivity index (χ1n) is 4.15. The molecule has 0 aliphatic rings. The van der Waals surface area contributed by atoms with Crippen LogP contribution in [0.5, 0.6) is 0 Å². The van der Waals surface area contributed by atoms with Gasteiger partial charge in [-0.15, -0.1) is 0 Å².